The predicted molar refractivity (Wildman–Crippen MR) is 97.7 cm³/mol. The minimum absolute atomic E-state index is 0.272. The molecule has 0 atom stereocenters. The number of hydrogen-bond acceptors (Lipinski definition) is 4. The Morgan fingerprint density at radius 1 is 0.708 bits per heavy atom. The lowest BCUT2D eigenvalue weighted by atomic mass is 9.98. The van der Waals surface area contributed by atoms with Crippen LogP contribution in [0.4, 0.5) is 0 Å². The minimum Gasteiger partial charge on any atom is -0.462 e. The molecule has 0 unspecified atom stereocenters. The maximum atomic E-state index is 12.5. The van der Waals surface area contributed by atoms with Crippen molar-refractivity contribution in [3.8, 4) is 0 Å². The average Bonchev–Trinajstić information content (AvgIpc) is 2.52. The summed E-state index contributed by atoms with van der Waals surface area (Å²) in [7, 11) is 0. The molecule has 0 N–H and O–H groups in total. The Labute approximate surface area is 148 Å². The van der Waals surface area contributed by atoms with Crippen LogP contribution in [0.3, 0.4) is 0 Å². The maximum Gasteiger partial charge on any atom is 0.334 e. The number of hydrogen-bond donors (Lipinski definition) is 0. The average molecular weight is 341 g/mol. The standard InChI is InChI=1S/C20H36O4/c1-7-9-10-12-18(20(22)24-14-16(5)6)17(11-8-2)19(21)23-13-15(3)4/h15-16H,7-14H2,1-6H3. The highest BCUT2D eigenvalue weighted by Crippen LogP contribution is 2.21. The Kier molecular flexibility index (Phi) is 12.3. The molecule has 0 aromatic carbocycles. The third kappa shape index (κ3) is 9.74. The molecule has 4 heteroatoms. The lowest BCUT2D eigenvalue weighted by Crippen LogP contribution is -2.19. The molecule has 0 rings (SSSR count). The lowest BCUT2D eigenvalue weighted by molar-refractivity contribution is -0.143. The van der Waals surface area contributed by atoms with Gasteiger partial charge in [0.25, 0.3) is 0 Å². The van der Waals surface area contributed by atoms with E-state index in [0.29, 0.717) is 37.2 Å². The number of ether oxygens (including phenoxy) is 2. The first-order chi connectivity index (χ1) is 11.3. The number of carbonyl (C=O) groups is 2. The van der Waals surface area contributed by atoms with Gasteiger partial charge in [-0.3, -0.25) is 0 Å². The quantitative estimate of drug-likeness (QED) is 0.283. The van der Waals surface area contributed by atoms with Crippen LogP contribution in [-0.2, 0) is 19.1 Å². The van der Waals surface area contributed by atoms with Crippen molar-refractivity contribution in [2.45, 2.75) is 80.1 Å². The highest BCUT2D eigenvalue weighted by molar-refractivity contribution is 6.00. The van der Waals surface area contributed by atoms with Gasteiger partial charge in [0.05, 0.1) is 13.2 Å². The van der Waals surface area contributed by atoms with E-state index in [1.165, 1.54) is 0 Å². The number of carbonyl (C=O) groups excluding carboxylic acids is 2. The van der Waals surface area contributed by atoms with E-state index in [9.17, 15) is 9.59 Å². The van der Waals surface area contributed by atoms with Crippen LogP contribution in [0, 0.1) is 11.8 Å². The van der Waals surface area contributed by atoms with Crippen molar-refractivity contribution in [1.29, 1.82) is 0 Å². The largest absolute Gasteiger partial charge is 0.462 e. The van der Waals surface area contributed by atoms with Crippen molar-refractivity contribution >= 4 is 11.9 Å². The van der Waals surface area contributed by atoms with Crippen molar-refractivity contribution in [3.05, 3.63) is 11.1 Å². The van der Waals surface area contributed by atoms with E-state index in [-0.39, 0.29) is 23.8 Å². The maximum absolute atomic E-state index is 12.5. The van der Waals surface area contributed by atoms with E-state index in [2.05, 4.69) is 6.92 Å². The summed E-state index contributed by atoms with van der Waals surface area (Å²) < 4.78 is 10.8. The summed E-state index contributed by atoms with van der Waals surface area (Å²) in [5.74, 6) is -0.176. The second kappa shape index (κ2) is 13.0. The Balaban J connectivity index is 5.34. The monoisotopic (exact) mass is 340 g/mol. The van der Waals surface area contributed by atoms with Crippen LogP contribution in [0.25, 0.3) is 0 Å². The Morgan fingerprint density at radius 2 is 1.17 bits per heavy atom. The van der Waals surface area contributed by atoms with Gasteiger partial charge in [0, 0.05) is 11.1 Å². The van der Waals surface area contributed by atoms with Crippen molar-refractivity contribution in [2.75, 3.05) is 13.2 Å². The molecule has 0 radical (unpaired) electrons. The normalized spacial score (nSPS) is 12.3. The van der Waals surface area contributed by atoms with Crippen LogP contribution >= 0.6 is 0 Å². The zero-order valence-electron chi connectivity index (χ0n) is 16.4. The molecular weight excluding hydrogens is 304 g/mol. The topological polar surface area (TPSA) is 52.6 Å². The van der Waals surface area contributed by atoms with Gasteiger partial charge in [0.1, 0.15) is 0 Å². The Morgan fingerprint density at radius 3 is 1.54 bits per heavy atom. The van der Waals surface area contributed by atoms with Crippen LogP contribution in [0.5, 0.6) is 0 Å². The molecule has 4 nitrogen and oxygen atoms in total. The zero-order valence-corrected chi connectivity index (χ0v) is 16.4. The first-order valence-electron chi connectivity index (χ1n) is 9.39. The van der Waals surface area contributed by atoms with Crippen LogP contribution in [-0.4, -0.2) is 25.2 Å². The van der Waals surface area contributed by atoms with Crippen molar-refractivity contribution in [3.63, 3.8) is 0 Å². The van der Waals surface area contributed by atoms with Gasteiger partial charge >= 0.3 is 11.9 Å². The number of unbranched alkanes of at least 4 members (excludes halogenated alkanes) is 2. The summed E-state index contributed by atoms with van der Waals surface area (Å²) in [5, 5.41) is 0. The highest BCUT2D eigenvalue weighted by Gasteiger charge is 2.23. The second-order valence-corrected chi connectivity index (χ2v) is 7.15. The van der Waals surface area contributed by atoms with Gasteiger partial charge in [-0.1, -0.05) is 60.8 Å². The fourth-order valence-corrected chi connectivity index (χ4v) is 2.21. The van der Waals surface area contributed by atoms with E-state index in [4.69, 9.17) is 9.47 Å². The molecule has 0 aromatic rings. The lowest BCUT2D eigenvalue weighted by Gasteiger charge is -2.16. The summed E-state index contributed by atoms with van der Waals surface area (Å²) in [6.07, 6.45) is 4.90. The van der Waals surface area contributed by atoms with Crippen molar-refractivity contribution < 1.29 is 19.1 Å². The van der Waals surface area contributed by atoms with Crippen LogP contribution in [0.2, 0.25) is 0 Å². The van der Waals surface area contributed by atoms with Gasteiger partial charge in [-0.25, -0.2) is 9.59 Å². The molecule has 0 aromatic heterocycles. The molecule has 140 valence electrons. The molecule has 0 aliphatic rings. The molecule has 0 aliphatic carbocycles. The molecule has 0 fully saturated rings. The zero-order chi connectivity index (χ0) is 18.5. The first kappa shape index (κ1) is 22.7. The van der Waals surface area contributed by atoms with Gasteiger partial charge in [-0.15, -0.1) is 0 Å². The third-order valence-corrected chi connectivity index (χ3v) is 3.48. The summed E-state index contributed by atoms with van der Waals surface area (Å²) in [4.78, 5) is 25.0. The molecule has 0 amide bonds. The fourth-order valence-electron chi connectivity index (χ4n) is 2.21. The number of esters is 2. The molecule has 0 spiro atoms. The van der Waals surface area contributed by atoms with Crippen LogP contribution < -0.4 is 0 Å². The van der Waals surface area contributed by atoms with E-state index in [0.717, 1.165) is 25.7 Å². The Hall–Kier alpha value is -1.32. The molecule has 0 aliphatic heterocycles. The second-order valence-electron chi connectivity index (χ2n) is 7.15. The van der Waals surface area contributed by atoms with Gasteiger partial charge in [0.2, 0.25) is 0 Å². The summed E-state index contributed by atoms with van der Waals surface area (Å²) in [6.45, 7) is 12.8. The van der Waals surface area contributed by atoms with E-state index >= 15 is 0 Å². The summed E-state index contributed by atoms with van der Waals surface area (Å²) in [6, 6.07) is 0. The van der Waals surface area contributed by atoms with Crippen molar-refractivity contribution in [1.82, 2.24) is 0 Å². The molecule has 0 heterocycles. The van der Waals surface area contributed by atoms with Gasteiger partial charge in [0.15, 0.2) is 0 Å². The summed E-state index contributed by atoms with van der Waals surface area (Å²) >= 11 is 0. The highest BCUT2D eigenvalue weighted by atomic mass is 16.5. The smallest absolute Gasteiger partial charge is 0.334 e. The van der Waals surface area contributed by atoms with E-state index in [1.807, 2.05) is 34.6 Å². The number of rotatable bonds is 12. The molecular formula is C20H36O4. The van der Waals surface area contributed by atoms with Gasteiger partial charge in [-0.2, -0.15) is 0 Å². The van der Waals surface area contributed by atoms with Gasteiger partial charge in [-0.05, 0) is 31.1 Å². The SMILES string of the molecule is CCCCCC(C(=O)OCC(C)C)=C(CCC)C(=O)OCC(C)C. The predicted octanol–water partition coefficient (Wildman–Crippen LogP) is 5.06. The Bertz CT molecular complexity index is 408. The van der Waals surface area contributed by atoms with Gasteiger partial charge < -0.3 is 9.47 Å². The van der Waals surface area contributed by atoms with Crippen molar-refractivity contribution in [2.24, 2.45) is 11.8 Å². The summed E-state index contributed by atoms with van der Waals surface area (Å²) in [5.41, 5.74) is 1.02. The fraction of sp³-hybridized carbons (Fsp3) is 0.800. The van der Waals surface area contributed by atoms with Crippen LogP contribution in [0.1, 0.15) is 80.1 Å². The molecule has 24 heavy (non-hydrogen) atoms. The molecule has 0 saturated heterocycles. The minimum atomic E-state index is -0.362. The van der Waals surface area contributed by atoms with E-state index < -0.39 is 0 Å². The molecule has 0 saturated carbocycles. The van der Waals surface area contributed by atoms with Crippen LogP contribution in [0.15, 0.2) is 11.1 Å². The van der Waals surface area contributed by atoms with E-state index in [1.54, 1.807) is 0 Å². The molecule has 0 bridgehead atoms. The third-order valence-electron chi connectivity index (χ3n) is 3.48. The first-order valence-corrected chi connectivity index (χ1v) is 9.39.